The monoisotopic (exact) mass is 362 g/mol. The van der Waals surface area contributed by atoms with Crippen molar-refractivity contribution < 1.29 is 18.7 Å². The van der Waals surface area contributed by atoms with E-state index in [1.807, 2.05) is 6.07 Å². The summed E-state index contributed by atoms with van der Waals surface area (Å²) >= 11 is 5.87. The predicted octanol–water partition coefficient (Wildman–Crippen LogP) is 3.79. The van der Waals surface area contributed by atoms with Crippen LogP contribution >= 0.6 is 11.6 Å². The van der Waals surface area contributed by atoms with Crippen molar-refractivity contribution in [3.8, 4) is 5.75 Å². The van der Waals surface area contributed by atoms with E-state index in [-0.39, 0.29) is 10.6 Å². The molecular weight excluding hydrogens is 347 g/mol. The summed E-state index contributed by atoms with van der Waals surface area (Å²) < 4.78 is 19.0. The molecule has 1 heterocycles. The fraction of sp³-hybridized carbons (Fsp3) is 0.222. The standard InChI is InChI=1S/C18H16ClFN2O3/c1-25-12-7-8-15-11(10-12)4-3-9-22(15)18(24)21-17(23)16-13(19)5-2-6-14(16)20/h2,5-8,10H,3-4,9H2,1H3,(H,21,23,24). The number of carbonyl (C=O) groups is 2. The molecule has 2 aromatic carbocycles. The van der Waals surface area contributed by atoms with E-state index >= 15 is 0 Å². The molecule has 130 valence electrons. The first-order valence-corrected chi connectivity index (χ1v) is 8.13. The minimum absolute atomic E-state index is 0.0471. The lowest BCUT2D eigenvalue weighted by Gasteiger charge is -2.29. The topological polar surface area (TPSA) is 58.6 Å². The van der Waals surface area contributed by atoms with Gasteiger partial charge < -0.3 is 4.74 Å². The van der Waals surface area contributed by atoms with Crippen LogP contribution in [0, 0.1) is 5.82 Å². The van der Waals surface area contributed by atoms with Gasteiger partial charge in [0, 0.05) is 12.2 Å². The van der Waals surface area contributed by atoms with Gasteiger partial charge in [-0.05, 0) is 48.7 Å². The Morgan fingerprint density at radius 1 is 1.28 bits per heavy atom. The Balaban J connectivity index is 1.82. The third-order valence-corrected chi connectivity index (χ3v) is 4.38. The van der Waals surface area contributed by atoms with Crippen LogP contribution in [0.4, 0.5) is 14.9 Å². The number of amides is 3. The number of halogens is 2. The molecule has 7 heteroatoms. The number of fused-ring (bicyclic) bond motifs is 1. The molecule has 1 aliphatic rings. The molecule has 0 radical (unpaired) electrons. The van der Waals surface area contributed by atoms with Crippen molar-refractivity contribution in [1.82, 2.24) is 5.32 Å². The van der Waals surface area contributed by atoms with Crippen LogP contribution in [0.5, 0.6) is 5.75 Å². The summed E-state index contributed by atoms with van der Waals surface area (Å²) in [4.78, 5) is 26.2. The highest BCUT2D eigenvalue weighted by atomic mass is 35.5. The largest absolute Gasteiger partial charge is 0.497 e. The van der Waals surface area contributed by atoms with Crippen LogP contribution in [0.2, 0.25) is 5.02 Å². The Morgan fingerprint density at radius 2 is 2.08 bits per heavy atom. The van der Waals surface area contributed by atoms with E-state index in [4.69, 9.17) is 16.3 Å². The first-order chi connectivity index (χ1) is 12.0. The van der Waals surface area contributed by atoms with Crippen LogP contribution in [0.3, 0.4) is 0 Å². The van der Waals surface area contributed by atoms with Crippen LogP contribution in [0.1, 0.15) is 22.3 Å². The summed E-state index contributed by atoms with van der Waals surface area (Å²) in [6.45, 7) is 0.462. The number of aryl methyl sites for hydroxylation is 1. The lowest BCUT2D eigenvalue weighted by molar-refractivity contribution is 0.0961. The van der Waals surface area contributed by atoms with Crippen LogP contribution in [0.25, 0.3) is 0 Å². The number of imide groups is 1. The highest BCUT2D eigenvalue weighted by Gasteiger charge is 2.26. The SMILES string of the molecule is COc1ccc2c(c1)CCCN2C(=O)NC(=O)c1c(F)cccc1Cl. The number of rotatable bonds is 2. The normalized spacial score (nSPS) is 13.2. The molecule has 1 aliphatic heterocycles. The molecule has 3 rings (SSSR count). The van der Waals surface area contributed by atoms with Crippen molar-refractivity contribution in [3.63, 3.8) is 0 Å². The average molecular weight is 363 g/mol. The summed E-state index contributed by atoms with van der Waals surface area (Å²) in [5.41, 5.74) is 1.32. The molecule has 0 bridgehead atoms. The third kappa shape index (κ3) is 3.44. The molecule has 0 atom stereocenters. The minimum Gasteiger partial charge on any atom is -0.497 e. The number of urea groups is 1. The number of hydrogen-bond donors (Lipinski definition) is 1. The Morgan fingerprint density at radius 3 is 2.80 bits per heavy atom. The van der Waals surface area contributed by atoms with Crippen LogP contribution in [-0.2, 0) is 6.42 Å². The number of ether oxygens (including phenoxy) is 1. The highest BCUT2D eigenvalue weighted by Crippen LogP contribution is 2.30. The van der Waals surface area contributed by atoms with Crippen molar-refractivity contribution in [2.75, 3.05) is 18.6 Å². The van der Waals surface area contributed by atoms with E-state index in [0.717, 1.165) is 24.5 Å². The van der Waals surface area contributed by atoms with Crippen molar-refractivity contribution in [2.24, 2.45) is 0 Å². The van der Waals surface area contributed by atoms with Gasteiger partial charge in [0.25, 0.3) is 5.91 Å². The van der Waals surface area contributed by atoms with Crippen LogP contribution in [-0.4, -0.2) is 25.6 Å². The number of nitrogens with zero attached hydrogens (tertiary/aromatic N) is 1. The lowest BCUT2D eigenvalue weighted by atomic mass is 10.0. The average Bonchev–Trinajstić information content (AvgIpc) is 2.60. The van der Waals surface area contributed by atoms with Gasteiger partial charge in [0.15, 0.2) is 0 Å². The zero-order chi connectivity index (χ0) is 18.0. The van der Waals surface area contributed by atoms with Gasteiger partial charge in [0.2, 0.25) is 0 Å². The molecule has 1 N–H and O–H groups in total. The Labute approximate surface area is 149 Å². The summed E-state index contributed by atoms with van der Waals surface area (Å²) in [5, 5.41) is 2.16. The zero-order valence-electron chi connectivity index (χ0n) is 13.5. The van der Waals surface area contributed by atoms with Crippen LogP contribution < -0.4 is 15.0 Å². The van der Waals surface area contributed by atoms with Crippen molar-refractivity contribution in [1.29, 1.82) is 0 Å². The molecule has 0 fully saturated rings. The van der Waals surface area contributed by atoms with Crippen LogP contribution in [0.15, 0.2) is 36.4 Å². The Bertz CT molecular complexity index is 821. The number of hydrogen-bond acceptors (Lipinski definition) is 3. The van der Waals surface area contributed by atoms with Crippen molar-refractivity contribution >= 4 is 29.2 Å². The molecule has 5 nitrogen and oxygen atoms in total. The lowest BCUT2D eigenvalue weighted by Crippen LogP contribution is -2.45. The third-order valence-electron chi connectivity index (χ3n) is 4.06. The highest BCUT2D eigenvalue weighted by molar-refractivity contribution is 6.34. The number of nitrogens with one attached hydrogen (secondary N) is 1. The van der Waals surface area contributed by atoms with E-state index in [2.05, 4.69) is 5.32 Å². The van der Waals surface area contributed by atoms with Gasteiger partial charge in [-0.1, -0.05) is 17.7 Å². The van der Waals surface area contributed by atoms with Gasteiger partial charge in [-0.25, -0.2) is 9.18 Å². The maximum absolute atomic E-state index is 13.8. The molecule has 0 saturated carbocycles. The van der Waals surface area contributed by atoms with Crippen molar-refractivity contribution in [3.05, 3.63) is 58.4 Å². The summed E-state index contributed by atoms with van der Waals surface area (Å²) in [6, 6.07) is 8.68. The number of carbonyl (C=O) groups excluding carboxylic acids is 2. The molecule has 0 unspecified atom stereocenters. The minimum atomic E-state index is -0.867. The first kappa shape index (κ1) is 17.2. The fourth-order valence-corrected chi connectivity index (χ4v) is 3.10. The smallest absolute Gasteiger partial charge is 0.328 e. The van der Waals surface area contributed by atoms with E-state index in [9.17, 15) is 14.0 Å². The second-order valence-electron chi connectivity index (χ2n) is 5.61. The molecule has 2 aromatic rings. The van der Waals surface area contributed by atoms with E-state index in [1.165, 1.54) is 17.0 Å². The van der Waals surface area contributed by atoms with E-state index in [0.29, 0.717) is 18.0 Å². The van der Waals surface area contributed by atoms with Gasteiger partial charge in [-0.15, -0.1) is 0 Å². The number of anilines is 1. The van der Waals surface area contributed by atoms with Gasteiger partial charge in [0.05, 0.1) is 17.7 Å². The molecular formula is C18H16ClFN2O3. The molecule has 0 aromatic heterocycles. The quantitative estimate of drug-likeness (QED) is 0.884. The number of methoxy groups -OCH3 is 1. The molecule has 0 aliphatic carbocycles. The zero-order valence-corrected chi connectivity index (χ0v) is 14.3. The summed E-state index contributed by atoms with van der Waals surface area (Å²) in [6.07, 6.45) is 1.56. The number of benzene rings is 2. The van der Waals surface area contributed by atoms with Crippen molar-refractivity contribution in [2.45, 2.75) is 12.8 Å². The second-order valence-corrected chi connectivity index (χ2v) is 6.01. The van der Waals surface area contributed by atoms with E-state index in [1.54, 1.807) is 19.2 Å². The molecule has 3 amide bonds. The molecule has 0 spiro atoms. The first-order valence-electron chi connectivity index (χ1n) is 7.75. The second kappa shape index (κ2) is 7.11. The predicted molar refractivity (Wildman–Crippen MR) is 92.9 cm³/mol. The van der Waals surface area contributed by atoms with E-state index < -0.39 is 17.8 Å². The Hall–Kier alpha value is -2.60. The van der Waals surface area contributed by atoms with Gasteiger partial charge in [0.1, 0.15) is 11.6 Å². The summed E-state index contributed by atoms with van der Waals surface area (Å²) in [7, 11) is 1.58. The molecule has 0 saturated heterocycles. The van der Waals surface area contributed by atoms with Gasteiger partial charge in [-0.3, -0.25) is 15.0 Å². The maximum Gasteiger partial charge on any atom is 0.328 e. The van der Waals surface area contributed by atoms with Gasteiger partial charge >= 0.3 is 6.03 Å². The summed E-state index contributed by atoms with van der Waals surface area (Å²) in [5.74, 6) is -0.939. The molecule has 25 heavy (non-hydrogen) atoms. The Kier molecular flexibility index (Phi) is 4.90. The van der Waals surface area contributed by atoms with Gasteiger partial charge in [-0.2, -0.15) is 0 Å². The maximum atomic E-state index is 13.8. The fourth-order valence-electron chi connectivity index (χ4n) is 2.85.